The van der Waals surface area contributed by atoms with Crippen LogP contribution in [0.25, 0.3) is 11.3 Å². The van der Waals surface area contributed by atoms with Gasteiger partial charge in [-0.05, 0) is 54.0 Å². The molecule has 2 aromatic rings. The van der Waals surface area contributed by atoms with Crippen LogP contribution >= 0.6 is 0 Å². The predicted octanol–water partition coefficient (Wildman–Crippen LogP) is 2.91. The number of hydrogen-bond donors (Lipinski definition) is 4. The second kappa shape index (κ2) is 8.57. The summed E-state index contributed by atoms with van der Waals surface area (Å²) in [5.41, 5.74) is 17.1. The number of aryl methyl sites for hydroxylation is 1. The Morgan fingerprint density at radius 2 is 2.04 bits per heavy atom. The van der Waals surface area contributed by atoms with Gasteiger partial charge in [0, 0.05) is 36.4 Å². The SMILES string of the molecule is CNc1ccc(C)c(/C(N)=C/C(=C\N)c2ccnc(NC(=O)OC)c2)c1. The fourth-order valence-electron chi connectivity index (χ4n) is 2.40. The molecule has 1 aromatic heterocycles. The summed E-state index contributed by atoms with van der Waals surface area (Å²) in [6, 6.07) is 9.43. The molecule has 0 fully saturated rings. The summed E-state index contributed by atoms with van der Waals surface area (Å²) in [4.78, 5) is 15.4. The Hall–Kier alpha value is -3.48. The van der Waals surface area contributed by atoms with Gasteiger partial charge in [0.25, 0.3) is 0 Å². The number of pyridine rings is 1. The monoisotopic (exact) mass is 353 g/mol. The van der Waals surface area contributed by atoms with E-state index in [1.54, 1.807) is 24.4 Å². The number of ether oxygens (including phenoxy) is 1. The molecule has 136 valence electrons. The van der Waals surface area contributed by atoms with E-state index in [4.69, 9.17) is 11.5 Å². The first-order chi connectivity index (χ1) is 12.5. The number of anilines is 2. The minimum atomic E-state index is -0.595. The van der Waals surface area contributed by atoms with E-state index in [0.29, 0.717) is 17.1 Å². The van der Waals surface area contributed by atoms with Crippen molar-refractivity contribution in [2.45, 2.75) is 6.92 Å². The summed E-state index contributed by atoms with van der Waals surface area (Å²) in [5, 5.41) is 5.62. The van der Waals surface area contributed by atoms with Crippen LogP contribution in [0.3, 0.4) is 0 Å². The number of benzene rings is 1. The third-order valence-electron chi connectivity index (χ3n) is 3.84. The number of hydrogen-bond acceptors (Lipinski definition) is 6. The maximum absolute atomic E-state index is 11.3. The van der Waals surface area contributed by atoms with Crippen molar-refractivity contribution in [3.05, 3.63) is 65.5 Å². The number of carbonyl (C=O) groups excluding carboxylic acids is 1. The average Bonchev–Trinajstić information content (AvgIpc) is 2.66. The van der Waals surface area contributed by atoms with Gasteiger partial charge in [-0.3, -0.25) is 5.32 Å². The quantitative estimate of drug-likeness (QED) is 0.614. The highest BCUT2D eigenvalue weighted by Crippen LogP contribution is 2.24. The van der Waals surface area contributed by atoms with Crippen molar-refractivity contribution in [3.8, 4) is 0 Å². The van der Waals surface area contributed by atoms with Gasteiger partial charge in [0.2, 0.25) is 0 Å². The lowest BCUT2D eigenvalue weighted by Gasteiger charge is -2.11. The number of nitrogens with two attached hydrogens (primary N) is 2. The van der Waals surface area contributed by atoms with E-state index in [-0.39, 0.29) is 0 Å². The number of rotatable bonds is 5. The molecule has 1 amide bonds. The predicted molar refractivity (Wildman–Crippen MR) is 105 cm³/mol. The van der Waals surface area contributed by atoms with Crippen molar-refractivity contribution in [1.82, 2.24) is 4.98 Å². The van der Waals surface area contributed by atoms with Crippen molar-refractivity contribution in [3.63, 3.8) is 0 Å². The Labute approximate surface area is 152 Å². The zero-order valence-corrected chi connectivity index (χ0v) is 15.0. The van der Waals surface area contributed by atoms with E-state index in [9.17, 15) is 4.79 Å². The lowest BCUT2D eigenvalue weighted by Crippen LogP contribution is -2.12. The molecule has 0 aliphatic rings. The van der Waals surface area contributed by atoms with Crippen LogP contribution in [0.1, 0.15) is 16.7 Å². The number of allylic oxidation sites excluding steroid dienone is 2. The lowest BCUT2D eigenvalue weighted by atomic mass is 10.0. The largest absolute Gasteiger partial charge is 0.453 e. The molecule has 0 spiro atoms. The molecule has 0 saturated heterocycles. The molecular formula is C19H23N5O2. The molecule has 0 atom stereocenters. The highest BCUT2D eigenvalue weighted by Gasteiger charge is 2.08. The third kappa shape index (κ3) is 4.54. The summed E-state index contributed by atoms with van der Waals surface area (Å²) < 4.78 is 4.57. The van der Waals surface area contributed by atoms with E-state index in [1.165, 1.54) is 13.3 Å². The van der Waals surface area contributed by atoms with Gasteiger partial charge in [-0.1, -0.05) is 6.07 Å². The van der Waals surface area contributed by atoms with Gasteiger partial charge in [-0.25, -0.2) is 9.78 Å². The molecule has 2 rings (SSSR count). The minimum Gasteiger partial charge on any atom is -0.453 e. The molecule has 0 aliphatic carbocycles. The van der Waals surface area contributed by atoms with Crippen molar-refractivity contribution in [1.29, 1.82) is 0 Å². The maximum Gasteiger partial charge on any atom is 0.412 e. The smallest absolute Gasteiger partial charge is 0.412 e. The van der Waals surface area contributed by atoms with Crippen LogP contribution < -0.4 is 22.1 Å². The van der Waals surface area contributed by atoms with Crippen molar-refractivity contribution >= 4 is 28.9 Å². The van der Waals surface area contributed by atoms with Gasteiger partial charge >= 0.3 is 6.09 Å². The van der Waals surface area contributed by atoms with Gasteiger partial charge in [0.1, 0.15) is 5.82 Å². The highest BCUT2D eigenvalue weighted by molar-refractivity contribution is 5.87. The summed E-state index contributed by atoms with van der Waals surface area (Å²) in [6.07, 6.45) is 4.23. The molecule has 7 heteroatoms. The topological polar surface area (TPSA) is 115 Å². The number of amides is 1. The van der Waals surface area contributed by atoms with Gasteiger partial charge in [0.05, 0.1) is 7.11 Å². The average molecular weight is 353 g/mol. The molecule has 0 saturated carbocycles. The van der Waals surface area contributed by atoms with E-state index in [2.05, 4.69) is 20.4 Å². The summed E-state index contributed by atoms with van der Waals surface area (Å²) >= 11 is 0. The van der Waals surface area contributed by atoms with Crippen LogP contribution in [0.15, 0.2) is 48.8 Å². The van der Waals surface area contributed by atoms with E-state index in [0.717, 1.165) is 22.4 Å². The Morgan fingerprint density at radius 1 is 1.27 bits per heavy atom. The number of nitrogens with zero attached hydrogens (tertiary/aromatic N) is 1. The van der Waals surface area contributed by atoms with Gasteiger partial charge in [-0.2, -0.15) is 0 Å². The molecule has 0 radical (unpaired) electrons. The normalized spacial score (nSPS) is 11.8. The van der Waals surface area contributed by atoms with E-state index >= 15 is 0 Å². The molecular weight excluding hydrogens is 330 g/mol. The first-order valence-corrected chi connectivity index (χ1v) is 7.97. The van der Waals surface area contributed by atoms with Crippen molar-refractivity contribution in [2.24, 2.45) is 11.5 Å². The number of aromatic nitrogens is 1. The van der Waals surface area contributed by atoms with E-state index < -0.39 is 6.09 Å². The Balaban J connectivity index is 2.36. The van der Waals surface area contributed by atoms with Gasteiger partial charge in [-0.15, -0.1) is 0 Å². The van der Waals surface area contributed by atoms with Crippen LogP contribution in [-0.4, -0.2) is 25.2 Å². The molecule has 1 heterocycles. The van der Waals surface area contributed by atoms with Crippen LogP contribution in [0.5, 0.6) is 0 Å². The molecule has 0 bridgehead atoms. The summed E-state index contributed by atoms with van der Waals surface area (Å²) in [7, 11) is 3.14. The molecule has 6 N–H and O–H groups in total. The second-order valence-electron chi connectivity index (χ2n) is 5.55. The molecule has 1 aromatic carbocycles. The zero-order valence-electron chi connectivity index (χ0n) is 15.0. The highest BCUT2D eigenvalue weighted by atomic mass is 16.5. The minimum absolute atomic E-state index is 0.356. The van der Waals surface area contributed by atoms with Gasteiger partial charge in [0.15, 0.2) is 0 Å². The Kier molecular flexibility index (Phi) is 6.21. The number of nitrogens with one attached hydrogen (secondary N) is 2. The van der Waals surface area contributed by atoms with Crippen LogP contribution in [0.2, 0.25) is 0 Å². The maximum atomic E-state index is 11.3. The van der Waals surface area contributed by atoms with E-state index in [1.807, 2.05) is 32.2 Å². The second-order valence-corrected chi connectivity index (χ2v) is 5.55. The standard InChI is InChI=1S/C19H23N5O2/c1-12-4-5-15(22-2)10-16(12)17(21)8-14(11-20)13-6-7-23-18(9-13)24-19(25)26-3/h4-11,22H,20-21H2,1-3H3,(H,23,24,25)/b14-11+,17-8-. The summed E-state index contributed by atoms with van der Waals surface area (Å²) in [6.45, 7) is 1.99. The third-order valence-corrected chi connectivity index (χ3v) is 3.84. The summed E-state index contributed by atoms with van der Waals surface area (Å²) in [5.74, 6) is 0.356. The Morgan fingerprint density at radius 3 is 2.69 bits per heavy atom. The van der Waals surface area contributed by atoms with Crippen LogP contribution in [0, 0.1) is 6.92 Å². The Bertz CT molecular complexity index is 859. The van der Waals surface area contributed by atoms with Crippen molar-refractivity contribution < 1.29 is 9.53 Å². The first-order valence-electron chi connectivity index (χ1n) is 7.97. The molecule has 26 heavy (non-hydrogen) atoms. The number of carbonyl (C=O) groups is 1. The fourth-order valence-corrected chi connectivity index (χ4v) is 2.40. The zero-order chi connectivity index (χ0) is 19.1. The van der Waals surface area contributed by atoms with Crippen LogP contribution in [0.4, 0.5) is 16.3 Å². The molecule has 7 nitrogen and oxygen atoms in total. The lowest BCUT2D eigenvalue weighted by molar-refractivity contribution is 0.187. The molecule has 0 unspecified atom stereocenters. The number of methoxy groups -OCH3 is 1. The van der Waals surface area contributed by atoms with Crippen LogP contribution in [-0.2, 0) is 4.74 Å². The van der Waals surface area contributed by atoms with Gasteiger partial charge < -0.3 is 21.5 Å². The molecule has 0 aliphatic heterocycles. The fraction of sp³-hybridized carbons (Fsp3) is 0.158. The van der Waals surface area contributed by atoms with Crippen molar-refractivity contribution in [2.75, 3.05) is 24.8 Å². The first kappa shape index (κ1) is 18.9.